The summed E-state index contributed by atoms with van der Waals surface area (Å²) in [5, 5.41) is 0. The van der Waals surface area contributed by atoms with Crippen molar-refractivity contribution in [1.82, 2.24) is 0 Å². The van der Waals surface area contributed by atoms with E-state index in [1.165, 1.54) is 12.1 Å². The van der Waals surface area contributed by atoms with Gasteiger partial charge >= 0.3 is 68.9 Å². The van der Waals surface area contributed by atoms with Gasteiger partial charge in [0.05, 0.1) is 4.90 Å². The molecule has 0 aromatic heterocycles. The van der Waals surface area contributed by atoms with Gasteiger partial charge in [0, 0.05) is 8.95 Å². The van der Waals surface area contributed by atoms with Gasteiger partial charge in [-0.3, -0.25) is 0 Å². The summed E-state index contributed by atoms with van der Waals surface area (Å²) in [7, 11) is -4.38. The fourth-order valence-corrected chi connectivity index (χ4v) is 2.60. The first-order valence-corrected chi connectivity index (χ1v) is 5.81. The first kappa shape index (κ1) is 15.1. The molecule has 66 valence electrons. The van der Waals surface area contributed by atoms with Crippen LogP contribution in [0.1, 0.15) is 0 Å². The van der Waals surface area contributed by atoms with E-state index in [0.717, 1.165) is 0 Å². The van der Waals surface area contributed by atoms with Crippen LogP contribution in [0.4, 0.5) is 0 Å². The Bertz CT molecular complexity index is 404. The Hall–Kier alpha value is 2.14. The zero-order valence-corrected chi connectivity index (χ0v) is 16.9. The molecule has 0 atom stereocenters. The Morgan fingerprint density at radius 2 is 1.77 bits per heavy atom. The number of rotatable bonds is 1. The van der Waals surface area contributed by atoms with Gasteiger partial charge in [0.1, 0.15) is 10.1 Å². The summed E-state index contributed by atoms with van der Waals surface area (Å²) < 4.78 is 32.6. The van der Waals surface area contributed by atoms with E-state index in [1.807, 2.05) is 0 Å². The molecule has 0 unspecified atom stereocenters. The summed E-state index contributed by atoms with van der Waals surface area (Å²) in [5.74, 6) is 0. The largest absolute Gasteiger partial charge is 1.00 e. The molecule has 13 heavy (non-hydrogen) atoms. The second-order valence-electron chi connectivity index (χ2n) is 2.03. The van der Waals surface area contributed by atoms with Crippen molar-refractivity contribution in [3.8, 4) is 0 Å². The van der Waals surface area contributed by atoms with E-state index in [0.29, 0.717) is 4.47 Å². The first-order valence-electron chi connectivity index (χ1n) is 2.82. The van der Waals surface area contributed by atoms with Crippen molar-refractivity contribution in [2.45, 2.75) is 4.90 Å². The van der Waals surface area contributed by atoms with Gasteiger partial charge < -0.3 is 4.55 Å². The van der Waals surface area contributed by atoms with Crippen LogP contribution in [0.15, 0.2) is 32.0 Å². The van der Waals surface area contributed by atoms with Crippen molar-refractivity contribution in [2.75, 3.05) is 0 Å². The fourth-order valence-electron chi connectivity index (χ4n) is 0.669. The van der Waals surface area contributed by atoms with Gasteiger partial charge in [0.25, 0.3) is 0 Å². The van der Waals surface area contributed by atoms with Crippen molar-refractivity contribution in [3.05, 3.63) is 27.1 Å². The topological polar surface area (TPSA) is 57.2 Å². The normalized spacial score (nSPS) is 10.7. The molecule has 0 radical (unpaired) electrons. The van der Waals surface area contributed by atoms with Crippen molar-refractivity contribution < 1.29 is 81.9 Å². The summed E-state index contributed by atoms with van der Waals surface area (Å²) in [6, 6.07) is 4.39. The zero-order valence-electron chi connectivity index (χ0n) is 6.62. The second kappa shape index (κ2) is 6.02. The number of hydrogen-bond donors (Lipinski definition) is 0. The van der Waals surface area contributed by atoms with E-state index in [9.17, 15) is 13.0 Å². The molecule has 0 heterocycles. The Labute approximate surface area is 152 Å². The number of halogens is 2. The van der Waals surface area contributed by atoms with E-state index in [1.54, 1.807) is 6.07 Å². The van der Waals surface area contributed by atoms with Crippen LogP contribution >= 0.6 is 31.9 Å². The maximum absolute atomic E-state index is 10.6. The zero-order chi connectivity index (χ0) is 9.35. The molecular formula is C6H3Br2CsO3S. The third kappa shape index (κ3) is 4.66. The van der Waals surface area contributed by atoms with Crippen LogP contribution in [0.25, 0.3) is 0 Å². The van der Waals surface area contributed by atoms with Crippen LogP contribution < -0.4 is 68.9 Å². The molecule has 1 aromatic carbocycles. The molecule has 0 saturated carbocycles. The minimum atomic E-state index is -4.38. The summed E-state index contributed by atoms with van der Waals surface area (Å²) >= 11 is 6.03. The Morgan fingerprint density at radius 3 is 2.15 bits per heavy atom. The molecule has 1 aromatic rings. The van der Waals surface area contributed by atoms with Gasteiger partial charge in [-0.2, -0.15) is 0 Å². The summed E-state index contributed by atoms with van der Waals surface area (Å²) in [6.07, 6.45) is 0. The molecule has 0 amide bonds. The number of benzene rings is 1. The quantitative estimate of drug-likeness (QED) is 0.525. The van der Waals surface area contributed by atoms with Crippen LogP contribution in [-0.2, 0) is 10.1 Å². The van der Waals surface area contributed by atoms with Gasteiger partial charge in [0.15, 0.2) is 0 Å². The van der Waals surface area contributed by atoms with E-state index in [4.69, 9.17) is 0 Å². The van der Waals surface area contributed by atoms with Gasteiger partial charge in [-0.15, -0.1) is 0 Å². The second-order valence-corrected chi connectivity index (χ2v) is 5.15. The summed E-state index contributed by atoms with van der Waals surface area (Å²) in [4.78, 5) is -0.253. The minimum Gasteiger partial charge on any atom is -0.744 e. The van der Waals surface area contributed by atoms with Gasteiger partial charge in [-0.25, -0.2) is 8.42 Å². The average molecular weight is 448 g/mol. The van der Waals surface area contributed by atoms with E-state index in [2.05, 4.69) is 31.9 Å². The smallest absolute Gasteiger partial charge is 0.744 e. The van der Waals surface area contributed by atoms with E-state index < -0.39 is 10.1 Å². The third-order valence-electron chi connectivity index (χ3n) is 1.16. The molecular weight excluding hydrogens is 445 g/mol. The van der Waals surface area contributed by atoms with Gasteiger partial charge in [0.2, 0.25) is 0 Å². The molecule has 0 aliphatic rings. The SMILES string of the molecule is O=S(=O)([O-])c1cc(Br)ccc1Br.[Cs+]. The van der Waals surface area contributed by atoms with Crippen molar-refractivity contribution in [2.24, 2.45) is 0 Å². The molecule has 0 saturated heterocycles. The molecule has 0 aliphatic carbocycles. The van der Waals surface area contributed by atoms with Crippen LogP contribution in [0.2, 0.25) is 0 Å². The predicted molar refractivity (Wildman–Crippen MR) is 49.8 cm³/mol. The summed E-state index contributed by atoms with van der Waals surface area (Å²) in [6.45, 7) is 0. The van der Waals surface area contributed by atoms with Crippen molar-refractivity contribution in [3.63, 3.8) is 0 Å². The molecule has 0 fully saturated rings. The molecule has 3 nitrogen and oxygen atoms in total. The maximum Gasteiger partial charge on any atom is 1.00 e. The monoisotopic (exact) mass is 446 g/mol. The van der Waals surface area contributed by atoms with E-state index >= 15 is 0 Å². The van der Waals surface area contributed by atoms with Crippen LogP contribution in [0, 0.1) is 0 Å². The number of hydrogen-bond acceptors (Lipinski definition) is 3. The molecule has 0 spiro atoms. The standard InChI is InChI=1S/C6H4Br2O3S.Cs/c7-4-1-2-5(8)6(3-4)12(9,10)11;/h1-3H,(H,9,10,11);/q;+1/p-1. The minimum absolute atomic E-state index is 0. The molecule has 0 bridgehead atoms. The van der Waals surface area contributed by atoms with Gasteiger partial charge in [-0.05, 0) is 34.1 Å². The predicted octanol–water partition coefficient (Wildman–Crippen LogP) is -0.880. The molecule has 7 heteroatoms. The van der Waals surface area contributed by atoms with Crippen molar-refractivity contribution >= 4 is 42.0 Å². The van der Waals surface area contributed by atoms with Crippen LogP contribution in [0.3, 0.4) is 0 Å². The average Bonchev–Trinajstić information content (AvgIpc) is 1.92. The summed E-state index contributed by atoms with van der Waals surface area (Å²) in [5.41, 5.74) is 0. The maximum atomic E-state index is 10.6. The Balaban J connectivity index is 0.00000144. The van der Waals surface area contributed by atoms with Gasteiger partial charge in [-0.1, -0.05) is 15.9 Å². The van der Waals surface area contributed by atoms with Crippen LogP contribution in [-0.4, -0.2) is 13.0 Å². The van der Waals surface area contributed by atoms with E-state index in [-0.39, 0.29) is 78.3 Å². The van der Waals surface area contributed by atoms with Crippen molar-refractivity contribution in [1.29, 1.82) is 0 Å². The molecule has 0 N–H and O–H groups in total. The molecule has 1 rings (SSSR count). The first-order chi connectivity index (χ1) is 5.41. The molecule has 0 aliphatic heterocycles. The fraction of sp³-hybridized carbons (Fsp3) is 0. The van der Waals surface area contributed by atoms with Crippen LogP contribution in [0.5, 0.6) is 0 Å². The third-order valence-corrected chi connectivity index (χ3v) is 3.49. The Kier molecular flexibility index (Phi) is 7.01. The Morgan fingerprint density at radius 1 is 1.23 bits per heavy atom.